The molecule has 0 aliphatic carbocycles. The molecule has 0 saturated heterocycles. The van der Waals surface area contributed by atoms with E-state index in [1.54, 1.807) is 12.1 Å². The summed E-state index contributed by atoms with van der Waals surface area (Å²) in [6.07, 6.45) is 0. The SMILES string of the molecule is Cc1cccc(NC(=O)COc2ccc(Cl)cc2CNc2ccc(Br)cc2C)c1. The second kappa shape index (κ2) is 9.81. The van der Waals surface area contributed by atoms with E-state index in [0.717, 1.165) is 32.5 Å². The van der Waals surface area contributed by atoms with Crippen LogP contribution in [0.25, 0.3) is 0 Å². The predicted molar refractivity (Wildman–Crippen MR) is 123 cm³/mol. The van der Waals surface area contributed by atoms with Gasteiger partial charge in [0.25, 0.3) is 5.91 Å². The second-order valence-electron chi connectivity index (χ2n) is 6.77. The highest BCUT2D eigenvalue weighted by atomic mass is 79.9. The summed E-state index contributed by atoms with van der Waals surface area (Å²) in [4.78, 5) is 12.2. The van der Waals surface area contributed by atoms with Crippen LogP contribution >= 0.6 is 27.5 Å². The number of carbonyl (C=O) groups excluding carboxylic acids is 1. The highest BCUT2D eigenvalue weighted by Gasteiger charge is 2.09. The average Bonchev–Trinajstić information content (AvgIpc) is 2.66. The van der Waals surface area contributed by atoms with Gasteiger partial charge in [0.15, 0.2) is 6.61 Å². The van der Waals surface area contributed by atoms with Crippen molar-refractivity contribution in [1.82, 2.24) is 0 Å². The van der Waals surface area contributed by atoms with Gasteiger partial charge < -0.3 is 15.4 Å². The highest BCUT2D eigenvalue weighted by Crippen LogP contribution is 2.26. The number of halogens is 2. The third-order valence-corrected chi connectivity index (χ3v) is 5.07. The third-order valence-electron chi connectivity index (χ3n) is 4.34. The van der Waals surface area contributed by atoms with Crippen LogP contribution in [0.15, 0.2) is 65.1 Å². The van der Waals surface area contributed by atoms with Gasteiger partial charge in [-0.3, -0.25) is 4.79 Å². The maximum atomic E-state index is 12.2. The van der Waals surface area contributed by atoms with Gasteiger partial charge in [0.2, 0.25) is 0 Å². The molecular formula is C23H22BrClN2O2. The van der Waals surface area contributed by atoms with Crippen LogP contribution in [0.4, 0.5) is 11.4 Å². The van der Waals surface area contributed by atoms with Crippen LogP contribution in [0.1, 0.15) is 16.7 Å². The topological polar surface area (TPSA) is 50.4 Å². The lowest BCUT2D eigenvalue weighted by Gasteiger charge is -2.15. The van der Waals surface area contributed by atoms with Crippen LogP contribution in [0, 0.1) is 13.8 Å². The molecular weight excluding hydrogens is 452 g/mol. The molecule has 0 heterocycles. The Balaban J connectivity index is 1.64. The number of rotatable bonds is 7. The Kier molecular flexibility index (Phi) is 7.18. The zero-order valence-corrected chi connectivity index (χ0v) is 18.6. The molecule has 3 rings (SSSR count). The number of amides is 1. The summed E-state index contributed by atoms with van der Waals surface area (Å²) in [6.45, 7) is 4.46. The summed E-state index contributed by atoms with van der Waals surface area (Å²) < 4.78 is 6.81. The first-order chi connectivity index (χ1) is 13.9. The van der Waals surface area contributed by atoms with E-state index in [1.165, 1.54) is 0 Å². The third kappa shape index (κ3) is 6.24. The second-order valence-corrected chi connectivity index (χ2v) is 8.12. The first kappa shape index (κ1) is 21.2. The van der Waals surface area contributed by atoms with Crippen LogP contribution in [0.5, 0.6) is 5.75 Å². The Morgan fingerprint density at radius 2 is 1.90 bits per heavy atom. The minimum atomic E-state index is -0.215. The van der Waals surface area contributed by atoms with E-state index < -0.39 is 0 Å². The first-order valence-corrected chi connectivity index (χ1v) is 10.4. The molecule has 0 radical (unpaired) electrons. The van der Waals surface area contributed by atoms with E-state index in [-0.39, 0.29) is 12.5 Å². The lowest BCUT2D eigenvalue weighted by molar-refractivity contribution is -0.118. The Labute approximate surface area is 184 Å². The van der Waals surface area contributed by atoms with Crippen molar-refractivity contribution in [2.75, 3.05) is 17.2 Å². The van der Waals surface area contributed by atoms with Crippen molar-refractivity contribution in [3.63, 3.8) is 0 Å². The van der Waals surface area contributed by atoms with Gasteiger partial charge in [0.1, 0.15) is 5.75 Å². The van der Waals surface area contributed by atoms with Crippen molar-refractivity contribution in [2.45, 2.75) is 20.4 Å². The quantitative estimate of drug-likeness (QED) is 0.420. The van der Waals surface area contributed by atoms with Crippen LogP contribution < -0.4 is 15.4 Å². The summed E-state index contributed by atoms with van der Waals surface area (Å²) in [5.41, 5.74) is 4.86. The zero-order chi connectivity index (χ0) is 20.8. The fourth-order valence-electron chi connectivity index (χ4n) is 2.91. The van der Waals surface area contributed by atoms with Crippen molar-refractivity contribution in [3.8, 4) is 5.75 Å². The molecule has 6 heteroatoms. The number of ether oxygens (including phenoxy) is 1. The molecule has 0 aromatic heterocycles. The van der Waals surface area contributed by atoms with Crippen molar-refractivity contribution in [1.29, 1.82) is 0 Å². The van der Waals surface area contributed by atoms with Crippen molar-refractivity contribution >= 4 is 44.8 Å². The number of anilines is 2. The number of benzene rings is 3. The standard InChI is InChI=1S/C23H22BrClN2O2/c1-15-4-3-5-20(10-15)27-23(28)14-29-22-9-7-19(25)12-17(22)13-26-21-8-6-18(24)11-16(21)2/h3-12,26H,13-14H2,1-2H3,(H,27,28). The number of carbonyl (C=O) groups is 1. The van der Waals surface area contributed by atoms with Gasteiger partial charge in [-0.15, -0.1) is 0 Å². The summed E-state index contributed by atoms with van der Waals surface area (Å²) in [5, 5.41) is 6.86. The maximum Gasteiger partial charge on any atom is 0.262 e. The zero-order valence-electron chi connectivity index (χ0n) is 16.3. The lowest BCUT2D eigenvalue weighted by atomic mass is 10.1. The summed E-state index contributed by atoms with van der Waals surface area (Å²) in [6, 6.07) is 19.1. The molecule has 4 nitrogen and oxygen atoms in total. The molecule has 3 aromatic rings. The molecule has 0 saturated carbocycles. The lowest BCUT2D eigenvalue weighted by Crippen LogP contribution is -2.20. The molecule has 0 atom stereocenters. The van der Waals surface area contributed by atoms with Crippen molar-refractivity contribution in [2.24, 2.45) is 0 Å². The fourth-order valence-corrected chi connectivity index (χ4v) is 3.58. The Hall–Kier alpha value is -2.50. The summed E-state index contributed by atoms with van der Waals surface area (Å²) in [7, 11) is 0. The van der Waals surface area contributed by atoms with Crippen LogP contribution in [-0.4, -0.2) is 12.5 Å². The van der Waals surface area contributed by atoms with E-state index in [9.17, 15) is 4.79 Å². The largest absolute Gasteiger partial charge is 0.483 e. The number of hydrogen-bond acceptors (Lipinski definition) is 3. The van der Waals surface area contributed by atoms with E-state index in [1.807, 2.05) is 62.4 Å². The first-order valence-electron chi connectivity index (χ1n) is 9.18. The van der Waals surface area contributed by atoms with E-state index in [0.29, 0.717) is 17.3 Å². The molecule has 0 unspecified atom stereocenters. The van der Waals surface area contributed by atoms with Crippen LogP contribution in [0.3, 0.4) is 0 Å². The van der Waals surface area contributed by atoms with Crippen molar-refractivity contribution < 1.29 is 9.53 Å². The number of nitrogens with one attached hydrogen (secondary N) is 2. The van der Waals surface area contributed by atoms with Gasteiger partial charge >= 0.3 is 0 Å². The summed E-state index contributed by atoms with van der Waals surface area (Å²) >= 11 is 9.64. The molecule has 0 aliphatic rings. The molecule has 1 amide bonds. The van der Waals surface area contributed by atoms with Gasteiger partial charge in [-0.25, -0.2) is 0 Å². The monoisotopic (exact) mass is 472 g/mol. The van der Waals surface area contributed by atoms with E-state index in [4.69, 9.17) is 16.3 Å². The highest BCUT2D eigenvalue weighted by molar-refractivity contribution is 9.10. The number of aryl methyl sites for hydroxylation is 2. The van der Waals surface area contributed by atoms with Crippen molar-refractivity contribution in [3.05, 3.63) is 86.8 Å². The molecule has 0 spiro atoms. The molecule has 0 bridgehead atoms. The minimum absolute atomic E-state index is 0.0834. The van der Waals surface area contributed by atoms with Gasteiger partial charge in [-0.05, 0) is 73.5 Å². The predicted octanol–water partition coefficient (Wildman–Crippen LogP) is 6.35. The molecule has 2 N–H and O–H groups in total. The minimum Gasteiger partial charge on any atom is -0.483 e. The average molecular weight is 474 g/mol. The molecule has 29 heavy (non-hydrogen) atoms. The van der Waals surface area contributed by atoms with Crippen LogP contribution in [0.2, 0.25) is 5.02 Å². The molecule has 3 aromatic carbocycles. The summed E-state index contributed by atoms with van der Waals surface area (Å²) in [5.74, 6) is 0.407. The van der Waals surface area contributed by atoms with Gasteiger partial charge in [-0.1, -0.05) is 39.7 Å². The van der Waals surface area contributed by atoms with Crippen LogP contribution in [-0.2, 0) is 11.3 Å². The Morgan fingerprint density at radius 1 is 1.07 bits per heavy atom. The Morgan fingerprint density at radius 3 is 2.66 bits per heavy atom. The van der Waals surface area contributed by atoms with E-state index >= 15 is 0 Å². The molecule has 0 fully saturated rings. The smallest absolute Gasteiger partial charge is 0.262 e. The van der Waals surface area contributed by atoms with Gasteiger partial charge in [0, 0.05) is 33.0 Å². The Bertz CT molecular complexity index is 1020. The molecule has 0 aliphatic heterocycles. The molecule has 150 valence electrons. The number of hydrogen-bond donors (Lipinski definition) is 2. The van der Waals surface area contributed by atoms with E-state index in [2.05, 4.69) is 26.6 Å². The fraction of sp³-hybridized carbons (Fsp3) is 0.174. The van der Waals surface area contributed by atoms with Gasteiger partial charge in [-0.2, -0.15) is 0 Å². The van der Waals surface area contributed by atoms with Gasteiger partial charge in [0.05, 0.1) is 0 Å². The normalized spacial score (nSPS) is 10.5. The maximum absolute atomic E-state index is 12.2.